The maximum atomic E-state index is 6.15. The summed E-state index contributed by atoms with van der Waals surface area (Å²) in [4.78, 5) is 0. The molecule has 1 N–H and O–H groups in total. The summed E-state index contributed by atoms with van der Waals surface area (Å²) in [7, 11) is 0. The monoisotopic (exact) mass is 311 g/mol. The molecule has 0 aliphatic carbocycles. The average molecular weight is 312 g/mol. The van der Waals surface area contributed by atoms with E-state index in [0.717, 1.165) is 25.1 Å². The lowest BCUT2D eigenvalue weighted by molar-refractivity contribution is 0.179. The fourth-order valence-corrected chi connectivity index (χ4v) is 3.13. The minimum atomic E-state index is 0.275. The lowest BCUT2D eigenvalue weighted by Crippen LogP contribution is -2.31. The molecule has 0 bridgehead atoms. The third-order valence-electron chi connectivity index (χ3n) is 3.65. The van der Waals surface area contributed by atoms with Gasteiger partial charge in [-0.3, -0.25) is 0 Å². The molecule has 1 heterocycles. The zero-order valence-corrected chi connectivity index (χ0v) is 13.2. The Hall–Kier alpha value is -0.540. The largest absolute Gasteiger partial charge is 0.488 e. The molecular formula is C15H22BrNO. The van der Waals surface area contributed by atoms with Crippen molar-refractivity contribution in [3.8, 4) is 5.75 Å². The highest BCUT2D eigenvalue weighted by molar-refractivity contribution is 9.10. The van der Waals surface area contributed by atoms with Crippen LogP contribution in [0.15, 0.2) is 10.5 Å². The van der Waals surface area contributed by atoms with Crippen molar-refractivity contribution in [3.05, 3.63) is 27.2 Å². The molecule has 0 fully saturated rings. The first-order chi connectivity index (χ1) is 8.60. The van der Waals surface area contributed by atoms with Crippen molar-refractivity contribution in [2.45, 2.75) is 52.7 Å². The molecule has 100 valence electrons. The number of hydrogen-bond donors (Lipinski definition) is 1. The van der Waals surface area contributed by atoms with Gasteiger partial charge in [-0.15, -0.1) is 0 Å². The molecule has 2 nitrogen and oxygen atoms in total. The third kappa shape index (κ3) is 2.30. The van der Waals surface area contributed by atoms with Crippen LogP contribution in [0.25, 0.3) is 0 Å². The van der Waals surface area contributed by atoms with E-state index in [2.05, 4.69) is 55.0 Å². The van der Waals surface area contributed by atoms with Crippen molar-refractivity contribution < 1.29 is 4.74 Å². The second kappa shape index (κ2) is 5.62. The minimum Gasteiger partial charge on any atom is -0.488 e. The van der Waals surface area contributed by atoms with E-state index >= 15 is 0 Å². The highest BCUT2D eigenvalue weighted by Gasteiger charge is 2.35. The van der Waals surface area contributed by atoms with Crippen molar-refractivity contribution in [2.75, 3.05) is 6.54 Å². The van der Waals surface area contributed by atoms with Crippen LogP contribution in [0.3, 0.4) is 0 Å². The Morgan fingerprint density at radius 1 is 1.33 bits per heavy atom. The Labute approximate surface area is 118 Å². The highest BCUT2D eigenvalue weighted by Crippen LogP contribution is 2.43. The van der Waals surface area contributed by atoms with Crippen LogP contribution in [-0.4, -0.2) is 12.6 Å². The predicted octanol–water partition coefficient (Wildman–Crippen LogP) is 4.28. The maximum absolute atomic E-state index is 6.15. The number of halogens is 1. The average Bonchev–Trinajstić information content (AvgIpc) is 2.66. The molecular weight excluding hydrogens is 290 g/mol. The van der Waals surface area contributed by atoms with E-state index in [1.807, 2.05) is 0 Å². The molecule has 2 unspecified atom stereocenters. The SMILES string of the molecule is CCCC1Oc2cc(C)c(Br)c(C)c2C1NCC. The van der Waals surface area contributed by atoms with E-state index in [0.29, 0.717) is 6.04 Å². The van der Waals surface area contributed by atoms with Crippen LogP contribution in [0.2, 0.25) is 0 Å². The van der Waals surface area contributed by atoms with Crippen molar-refractivity contribution in [1.82, 2.24) is 5.32 Å². The van der Waals surface area contributed by atoms with Gasteiger partial charge in [0.2, 0.25) is 0 Å². The van der Waals surface area contributed by atoms with Gasteiger partial charge in [-0.2, -0.15) is 0 Å². The lowest BCUT2D eigenvalue weighted by Gasteiger charge is -2.20. The molecule has 2 atom stereocenters. The van der Waals surface area contributed by atoms with E-state index < -0.39 is 0 Å². The van der Waals surface area contributed by atoms with Crippen LogP contribution < -0.4 is 10.1 Å². The van der Waals surface area contributed by atoms with E-state index in [1.165, 1.54) is 21.2 Å². The van der Waals surface area contributed by atoms with Gasteiger partial charge >= 0.3 is 0 Å². The van der Waals surface area contributed by atoms with Crippen molar-refractivity contribution in [3.63, 3.8) is 0 Å². The Bertz CT molecular complexity index is 445. The van der Waals surface area contributed by atoms with E-state index in [4.69, 9.17) is 4.74 Å². The van der Waals surface area contributed by atoms with E-state index in [1.54, 1.807) is 0 Å². The maximum Gasteiger partial charge on any atom is 0.125 e. The van der Waals surface area contributed by atoms with Gasteiger partial charge in [-0.25, -0.2) is 0 Å². The van der Waals surface area contributed by atoms with Crippen LogP contribution in [0, 0.1) is 13.8 Å². The third-order valence-corrected chi connectivity index (χ3v) is 4.87. The van der Waals surface area contributed by atoms with Gasteiger partial charge in [-0.05, 0) is 44.0 Å². The number of benzene rings is 1. The summed E-state index contributed by atoms with van der Waals surface area (Å²) in [6.45, 7) is 9.63. The Balaban J connectivity index is 2.44. The summed E-state index contributed by atoms with van der Waals surface area (Å²) in [6.07, 6.45) is 2.53. The van der Waals surface area contributed by atoms with Crippen molar-refractivity contribution in [1.29, 1.82) is 0 Å². The predicted molar refractivity (Wildman–Crippen MR) is 79.4 cm³/mol. The molecule has 0 radical (unpaired) electrons. The lowest BCUT2D eigenvalue weighted by atomic mass is 9.95. The van der Waals surface area contributed by atoms with Gasteiger partial charge in [0.25, 0.3) is 0 Å². The molecule has 3 heteroatoms. The van der Waals surface area contributed by atoms with Gasteiger partial charge in [0.15, 0.2) is 0 Å². The summed E-state index contributed by atoms with van der Waals surface area (Å²) < 4.78 is 7.36. The van der Waals surface area contributed by atoms with Crippen LogP contribution in [0.4, 0.5) is 0 Å². The molecule has 0 aromatic heterocycles. The van der Waals surface area contributed by atoms with Crippen LogP contribution in [-0.2, 0) is 0 Å². The van der Waals surface area contributed by atoms with Crippen LogP contribution >= 0.6 is 15.9 Å². The van der Waals surface area contributed by atoms with Gasteiger partial charge in [0.1, 0.15) is 11.9 Å². The topological polar surface area (TPSA) is 21.3 Å². The smallest absolute Gasteiger partial charge is 0.125 e. The molecule has 0 amide bonds. The molecule has 1 aliphatic rings. The minimum absolute atomic E-state index is 0.275. The zero-order chi connectivity index (χ0) is 13.3. The number of likely N-dealkylation sites (N-methyl/N-ethyl adjacent to an activating group) is 1. The molecule has 0 saturated heterocycles. The molecule has 1 aromatic carbocycles. The van der Waals surface area contributed by atoms with E-state index in [-0.39, 0.29) is 6.10 Å². The first-order valence-electron chi connectivity index (χ1n) is 6.79. The van der Waals surface area contributed by atoms with Gasteiger partial charge in [0, 0.05) is 10.0 Å². The molecule has 18 heavy (non-hydrogen) atoms. The quantitative estimate of drug-likeness (QED) is 0.896. The highest BCUT2D eigenvalue weighted by atomic mass is 79.9. The van der Waals surface area contributed by atoms with Gasteiger partial charge < -0.3 is 10.1 Å². The van der Waals surface area contributed by atoms with Crippen molar-refractivity contribution in [2.24, 2.45) is 0 Å². The summed E-state index contributed by atoms with van der Waals surface area (Å²) >= 11 is 3.69. The zero-order valence-electron chi connectivity index (χ0n) is 11.6. The summed E-state index contributed by atoms with van der Waals surface area (Å²) in [5.41, 5.74) is 3.90. The Morgan fingerprint density at radius 3 is 2.67 bits per heavy atom. The first kappa shape index (κ1) is 13.9. The number of hydrogen-bond acceptors (Lipinski definition) is 2. The molecule has 2 rings (SSSR count). The summed E-state index contributed by atoms with van der Waals surface area (Å²) in [5, 5.41) is 3.58. The molecule has 1 aliphatic heterocycles. The second-order valence-corrected chi connectivity index (χ2v) is 5.82. The van der Waals surface area contributed by atoms with Crippen LogP contribution in [0.1, 0.15) is 49.4 Å². The normalized spacial score (nSPS) is 21.8. The number of nitrogens with one attached hydrogen (secondary N) is 1. The molecule has 0 saturated carbocycles. The van der Waals surface area contributed by atoms with Crippen molar-refractivity contribution >= 4 is 15.9 Å². The number of aryl methyl sites for hydroxylation is 1. The Kier molecular flexibility index (Phi) is 4.33. The fraction of sp³-hybridized carbons (Fsp3) is 0.600. The number of rotatable bonds is 4. The molecule has 1 aromatic rings. The van der Waals surface area contributed by atoms with E-state index in [9.17, 15) is 0 Å². The Morgan fingerprint density at radius 2 is 2.06 bits per heavy atom. The second-order valence-electron chi connectivity index (χ2n) is 5.02. The summed E-state index contributed by atoms with van der Waals surface area (Å²) in [5.74, 6) is 1.07. The van der Waals surface area contributed by atoms with Gasteiger partial charge in [0.05, 0.1) is 6.04 Å². The number of fused-ring (bicyclic) bond motifs is 1. The first-order valence-corrected chi connectivity index (χ1v) is 7.59. The number of ether oxygens (including phenoxy) is 1. The van der Waals surface area contributed by atoms with Gasteiger partial charge in [-0.1, -0.05) is 36.2 Å². The fourth-order valence-electron chi connectivity index (χ4n) is 2.80. The van der Waals surface area contributed by atoms with Crippen LogP contribution in [0.5, 0.6) is 5.75 Å². The molecule has 0 spiro atoms. The standard InChI is InChI=1S/C15H22BrNO/c1-5-7-11-15(17-6-2)13-10(4)14(16)9(3)8-12(13)18-11/h8,11,15,17H,5-7H2,1-4H3. The summed E-state index contributed by atoms with van der Waals surface area (Å²) in [6, 6.07) is 2.49.